The van der Waals surface area contributed by atoms with E-state index in [1.54, 1.807) is 12.5 Å². The van der Waals surface area contributed by atoms with Crippen molar-refractivity contribution < 1.29 is 4.79 Å². The largest absolute Gasteiger partial charge is 0.335 e. The number of hydrogen-bond donors (Lipinski definition) is 2. The van der Waals surface area contributed by atoms with Crippen molar-refractivity contribution in [2.75, 3.05) is 0 Å². The molecule has 7 heteroatoms. The van der Waals surface area contributed by atoms with Crippen LogP contribution >= 0.6 is 22.9 Å². The molecule has 20 heavy (non-hydrogen) atoms. The smallest absolute Gasteiger partial charge is 0.315 e. The lowest BCUT2D eigenvalue weighted by atomic mass is 10.3. The van der Waals surface area contributed by atoms with E-state index in [1.165, 1.54) is 11.3 Å². The Bertz CT molecular complexity index is 554. The van der Waals surface area contributed by atoms with Crippen LogP contribution in [0.1, 0.15) is 24.8 Å². The van der Waals surface area contributed by atoms with Crippen LogP contribution in [0.15, 0.2) is 30.9 Å². The fourth-order valence-electron chi connectivity index (χ4n) is 1.85. The zero-order chi connectivity index (χ0) is 14.5. The van der Waals surface area contributed by atoms with Crippen LogP contribution in [-0.2, 0) is 6.54 Å². The van der Waals surface area contributed by atoms with Crippen molar-refractivity contribution in [2.45, 2.75) is 32.5 Å². The maximum absolute atomic E-state index is 11.9. The molecular formula is C13H17ClN4OS. The van der Waals surface area contributed by atoms with Crippen molar-refractivity contribution in [3.63, 3.8) is 0 Å². The van der Waals surface area contributed by atoms with Gasteiger partial charge in [-0.25, -0.2) is 9.78 Å². The van der Waals surface area contributed by atoms with Crippen molar-refractivity contribution in [1.82, 2.24) is 20.2 Å². The molecule has 0 aliphatic carbocycles. The maximum Gasteiger partial charge on any atom is 0.315 e. The third-order valence-corrected chi connectivity index (χ3v) is 4.20. The monoisotopic (exact) mass is 312 g/mol. The number of aromatic nitrogens is 2. The van der Waals surface area contributed by atoms with Gasteiger partial charge < -0.3 is 15.2 Å². The highest BCUT2D eigenvalue weighted by atomic mass is 35.5. The van der Waals surface area contributed by atoms with E-state index in [0.717, 1.165) is 9.21 Å². The zero-order valence-corrected chi connectivity index (χ0v) is 12.9. The first-order valence-electron chi connectivity index (χ1n) is 6.32. The minimum absolute atomic E-state index is 0.0170. The number of rotatable bonds is 5. The van der Waals surface area contributed by atoms with Gasteiger partial charge in [-0.1, -0.05) is 11.6 Å². The summed E-state index contributed by atoms with van der Waals surface area (Å²) in [6, 6.07) is 3.53. The molecule has 2 amide bonds. The highest BCUT2D eigenvalue weighted by molar-refractivity contribution is 7.16. The number of imidazole rings is 1. The van der Waals surface area contributed by atoms with Gasteiger partial charge in [0, 0.05) is 29.9 Å². The van der Waals surface area contributed by atoms with Crippen LogP contribution in [0, 0.1) is 0 Å². The van der Waals surface area contributed by atoms with Crippen LogP contribution < -0.4 is 10.6 Å². The first-order chi connectivity index (χ1) is 9.54. The Morgan fingerprint density at radius 1 is 1.45 bits per heavy atom. The van der Waals surface area contributed by atoms with Gasteiger partial charge in [0.15, 0.2) is 0 Å². The molecule has 2 N–H and O–H groups in total. The van der Waals surface area contributed by atoms with Crippen LogP contribution in [0.5, 0.6) is 0 Å². The molecule has 2 heterocycles. The number of hydrogen-bond acceptors (Lipinski definition) is 3. The number of halogens is 1. The molecule has 0 fully saturated rings. The third-order valence-electron chi connectivity index (χ3n) is 2.79. The second-order valence-electron chi connectivity index (χ2n) is 4.64. The number of nitrogens with zero attached hydrogens (tertiary/aromatic N) is 2. The van der Waals surface area contributed by atoms with E-state index in [1.807, 2.05) is 36.7 Å². The molecule has 0 unspecified atom stereocenters. The molecule has 108 valence electrons. The number of thiophene rings is 1. The molecule has 0 aliphatic heterocycles. The highest BCUT2D eigenvalue weighted by Crippen LogP contribution is 2.26. The Kier molecular flexibility index (Phi) is 5.03. The van der Waals surface area contributed by atoms with Crippen LogP contribution in [0.25, 0.3) is 0 Å². The van der Waals surface area contributed by atoms with E-state index in [4.69, 9.17) is 11.6 Å². The lowest BCUT2D eigenvalue weighted by molar-refractivity contribution is 0.233. The van der Waals surface area contributed by atoms with Crippen LogP contribution in [-0.4, -0.2) is 21.6 Å². The van der Waals surface area contributed by atoms with Crippen LogP contribution in [0.2, 0.25) is 4.34 Å². The van der Waals surface area contributed by atoms with Crippen molar-refractivity contribution in [2.24, 2.45) is 0 Å². The van der Waals surface area contributed by atoms with Crippen molar-refractivity contribution in [3.8, 4) is 0 Å². The van der Waals surface area contributed by atoms with Gasteiger partial charge in [0.1, 0.15) is 0 Å². The fraction of sp³-hybridized carbons (Fsp3) is 0.385. The Labute approximate surface area is 127 Å². The second-order valence-corrected chi connectivity index (χ2v) is 6.39. The summed E-state index contributed by atoms with van der Waals surface area (Å²) in [4.78, 5) is 16.9. The Balaban J connectivity index is 1.80. The van der Waals surface area contributed by atoms with Gasteiger partial charge in [0.2, 0.25) is 0 Å². The summed E-state index contributed by atoms with van der Waals surface area (Å²) in [5.41, 5.74) is 0. The number of carbonyl (C=O) groups excluding carboxylic acids is 1. The molecule has 0 saturated heterocycles. The molecule has 2 aromatic heterocycles. The quantitative estimate of drug-likeness (QED) is 0.891. The second kappa shape index (κ2) is 6.76. The van der Waals surface area contributed by atoms with Crippen LogP contribution in [0.4, 0.5) is 4.79 Å². The average Bonchev–Trinajstić information content (AvgIpc) is 3.00. The summed E-state index contributed by atoms with van der Waals surface area (Å²) in [6.45, 7) is 4.57. The predicted octanol–water partition coefficient (Wildman–Crippen LogP) is 3.05. The number of carbonyl (C=O) groups is 1. The molecular weight excluding hydrogens is 296 g/mol. The van der Waals surface area contributed by atoms with Crippen molar-refractivity contribution in [1.29, 1.82) is 0 Å². The van der Waals surface area contributed by atoms with E-state index in [9.17, 15) is 4.79 Å². The lowest BCUT2D eigenvalue weighted by Gasteiger charge is -2.17. The van der Waals surface area contributed by atoms with Gasteiger partial charge in [0.05, 0.1) is 16.7 Å². The minimum atomic E-state index is -0.186. The van der Waals surface area contributed by atoms with Crippen molar-refractivity contribution in [3.05, 3.63) is 40.1 Å². The number of amides is 2. The normalized spacial score (nSPS) is 13.8. The standard InChI is InChI=1S/C13H17ClN4OS/c1-9(7-18-6-5-15-8-18)16-13(19)17-10(2)11-3-4-12(14)20-11/h3-6,8-10H,7H2,1-2H3,(H2,16,17,19)/t9-,10-/m1/s1. The number of nitrogens with one attached hydrogen (secondary N) is 2. The highest BCUT2D eigenvalue weighted by Gasteiger charge is 2.13. The fourth-order valence-corrected chi connectivity index (χ4v) is 2.91. The molecule has 0 bridgehead atoms. The van der Waals surface area contributed by atoms with E-state index in [-0.39, 0.29) is 18.1 Å². The Hall–Kier alpha value is -1.53. The molecule has 2 rings (SSSR count). The van der Waals surface area contributed by atoms with Gasteiger partial charge in [-0.3, -0.25) is 0 Å². The Morgan fingerprint density at radius 2 is 2.25 bits per heavy atom. The van der Waals surface area contributed by atoms with E-state index < -0.39 is 0 Å². The van der Waals surface area contributed by atoms with Gasteiger partial charge in [-0.2, -0.15) is 0 Å². The molecule has 0 aromatic carbocycles. The maximum atomic E-state index is 11.9. The molecule has 5 nitrogen and oxygen atoms in total. The van der Waals surface area contributed by atoms with Gasteiger partial charge in [-0.15, -0.1) is 11.3 Å². The van der Waals surface area contributed by atoms with Gasteiger partial charge in [-0.05, 0) is 26.0 Å². The third kappa shape index (κ3) is 4.25. The molecule has 2 atom stereocenters. The molecule has 0 saturated carbocycles. The molecule has 0 spiro atoms. The summed E-state index contributed by atoms with van der Waals surface area (Å²) in [7, 11) is 0. The summed E-state index contributed by atoms with van der Waals surface area (Å²) in [5.74, 6) is 0. The molecule has 0 radical (unpaired) electrons. The van der Waals surface area contributed by atoms with Crippen molar-refractivity contribution >= 4 is 29.0 Å². The summed E-state index contributed by atoms with van der Waals surface area (Å²) < 4.78 is 2.65. The Morgan fingerprint density at radius 3 is 2.85 bits per heavy atom. The molecule has 0 aliphatic rings. The summed E-state index contributed by atoms with van der Waals surface area (Å²) in [6.07, 6.45) is 5.31. The first-order valence-corrected chi connectivity index (χ1v) is 7.52. The average molecular weight is 313 g/mol. The minimum Gasteiger partial charge on any atom is -0.335 e. The van der Waals surface area contributed by atoms with Gasteiger partial charge >= 0.3 is 6.03 Å². The summed E-state index contributed by atoms with van der Waals surface area (Å²) in [5, 5.41) is 5.80. The zero-order valence-electron chi connectivity index (χ0n) is 11.3. The van der Waals surface area contributed by atoms with Gasteiger partial charge in [0.25, 0.3) is 0 Å². The van der Waals surface area contributed by atoms with Crippen LogP contribution in [0.3, 0.4) is 0 Å². The van der Waals surface area contributed by atoms with E-state index >= 15 is 0 Å². The SMILES string of the molecule is C[C@H](Cn1ccnc1)NC(=O)N[C@H](C)c1ccc(Cl)s1. The number of urea groups is 1. The summed E-state index contributed by atoms with van der Waals surface area (Å²) >= 11 is 7.36. The van der Waals surface area contributed by atoms with E-state index in [2.05, 4.69) is 15.6 Å². The first kappa shape index (κ1) is 14.9. The molecule has 2 aromatic rings. The lowest BCUT2D eigenvalue weighted by Crippen LogP contribution is -2.43. The predicted molar refractivity (Wildman–Crippen MR) is 81.1 cm³/mol. The van der Waals surface area contributed by atoms with E-state index in [0.29, 0.717) is 6.54 Å². The topological polar surface area (TPSA) is 59.0 Å².